The molecule has 0 aliphatic rings. The van der Waals surface area contributed by atoms with E-state index in [1.807, 2.05) is 0 Å². The van der Waals surface area contributed by atoms with Crippen molar-refractivity contribution in [2.75, 3.05) is 19.9 Å². The summed E-state index contributed by atoms with van der Waals surface area (Å²) >= 11 is 0. The van der Waals surface area contributed by atoms with E-state index in [-0.39, 0.29) is 11.7 Å². The number of aromatic nitrogens is 2. The van der Waals surface area contributed by atoms with Crippen molar-refractivity contribution in [1.82, 2.24) is 14.6 Å². The van der Waals surface area contributed by atoms with Gasteiger partial charge < -0.3 is 10.3 Å². The van der Waals surface area contributed by atoms with Crippen molar-refractivity contribution < 1.29 is 9.63 Å². The molecule has 0 radical (unpaired) electrons. The average molecular weight is 198 g/mol. The van der Waals surface area contributed by atoms with Crippen LogP contribution in [0.3, 0.4) is 0 Å². The van der Waals surface area contributed by atoms with Gasteiger partial charge in [-0.3, -0.25) is 9.63 Å². The maximum absolute atomic E-state index is 11.7. The molecule has 0 spiro atoms. The number of nitrogens with zero attached hydrogens (tertiary/aromatic N) is 3. The van der Waals surface area contributed by atoms with Crippen LogP contribution in [0.25, 0.3) is 0 Å². The molecule has 0 aliphatic carbocycles. The minimum Gasteiger partial charge on any atom is -0.382 e. The number of anilines is 1. The summed E-state index contributed by atoms with van der Waals surface area (Å²) in [6.45, 7) is 1.78. The van der Waals surface area contributed by atoms with Crippen LogP contribution in [0.1, 0.15) is 16.3 Å². The van der Waals surface area contributed by atoms with E-state index >= 15 is 0 Å². The van der Waals surface area contributed by atoms with Gasteiger partial charge in [-0.15, -0.1) is 0 Å². The third-order valence-electron chi connectivity index (χ3n) is 2.11. The number of carbonyl (C=O) groups excluding carboxylic acids is 1. The van der Waals surface area contributed by atoms with Crippen molar-refractivity contribution in [1.29, 1.82) is 0 Å². The van der Waals surface area contributed by atoms with Gasteiger partial charge in [0.2, 0.25) is 0 Å². The first-order valence-corrected chi connectivity index (χ1v) is 4.10. The molecule has 1 aromatic heterocycles. The van der Waals surface area contributed by atoms with E-state index in [1.54, 1.807) is 18.5 Å². The van der Waals surface area contributed by atoms with E-state index in [0.717, 1.165) is 5.06 Å². The summed E-state index contributed by atoms with van der Waals surface area (Å²) in [5.41, 5.74) is 5.94. The number of nitrogen functional groups attached to an aromatic ring is 1. The van der Waals surface area contributed by atoms with Gasteiger partial charge in [-0.1, -0.05) is 0 Å². The predicted octanol–water partition coefficient (Wildman–Crippen LogP) is -0.0559. The lowest BCUT2D eigenvalue weighted by molar-refractivity contribution is -0.0761. The molecule has 0 bridgehead atoms. The quantitative estimate of drug-likeness (QED) is 0.676. The standard InChI is InChI=1S/C8H14N4O2/c1-5-10-7(9)6(11(5)2)8(13)12(3)14-4/h9H2,1-4H3. The van der Waals surface area contributed by atoms with Gasteiger partial charge in [0.25, 0.3) is 5.91 Å². The van der Waals surface area contributed by atoms with Crippen molar-refractivity contribution >= 4 is 11.7 Å². The Morgan fingerprint density at radius 1 is 1.64 bits per heavy atom. The van der Waals surface area contributed by atoms with Gasteiger partial charge in [-0.2, -0.15) is 0 Å². The van der Waals surface area contributed by atoms with Crippen molar-refractivity contribution in [2.24, 2.45) is 7.05 Å². The number of aryl methyl sites for hydroxylation is 1. The van der Waals surface area contributed by atoms with Crippen molar-refractivity contribution in [2.45, 2.75) is 6.92 Å². The molecular weight excluding hydrogens is 184 g/mol. The summed E-state index contributed by atoms with van der Waals surface area (Å²) in [4.78, 5) is 20.4. The summed E-state index contributed by atoms with van der Waals surface area (Å²) in [5, 5.41) is 1.10. The normalized spacial score (nSPS) is 10.3. The van der Waals surface area contributed by atoms with Crippen molar-refractivity contribution in [3.05, 3.63) is 11.5 Å². The average Bonchev–Trinajstić information content (AvgIpc) is 2.39. The first-order chi connectivity index (χ1) is 6.49. The van der Waals surface area contributed by atoms with E-state index in [0.29, 0.717) is 11.5 Å². The number of rotatable bonds is 2. The SMILES string of the molecule is CON(C)C(=O)c1c(N)nc(C)n1C. The lowest BCUT2D eigenvalue weighted by atomic mass is 10.4. The molecule has 1 rings (SSSR count). The number of hydroxylamine groups is 2. The first kappa shape index (κ1) is 10.5. The molecule has 6 heteroatoms. The number of nitrogens with two attached hydrogens (primary N) is 1. The topological polar surface area (TPSA) is 73.4 Å². The van der Waals surface area contributed by atoms with E-state index in [9.17, 15) is 4.79 Å². The molecule has 0 unspecified atom stereocenters. The molecule has 1 heterocycles. The van der Waals surface area contributed by atoms with Crippen LogP contribution in [0, 0.1) is 6.92 Å². The van der Waals surface area contributed by atoms with Gasteiger partial charge in [0.1, 0.15) is 5.82 Å². The molecule has 6 nitrogen and oxygen atoms in total. The lowest BCUT2D eigenvalue weighted by Gasteiger charge is -2.14. The summed E-state index contributed by atoms with van der Waals surface area (Å²) in [7, 11) is 4.66. The largest absolute Gasteiger partial charge is 0.382 e. The second kappa shape index (κ2) is 3.67. The van der Waals surface area contributed by atoms with Crippen LogP contribution in [0.5, 0.6) is 0 Å². The van der Waals surface area contributed by atoms with E-state index in [2.05, 4.69) is 4.98 Å². The molecule has 0 atom stereocenters. The van der Waals surface area contributed by atoms with E-state index < -0.39 is 0 Å². The zero-order chi connectivity index (χ0) is 10.9. The Bertz CT molecular complexity index is 358. The Morgan fingerprint density at radius 3 is 2.57 bits per heavy atom. The van der Waals surface area contributed by atoms with Crippen LogP contribution in [0.15, 0.2) is 0 Å². The summed E-state index contributed by atoms with van der Waals surface area (Å²) in [6, 6.07) is 0. The number of amides is 1. The van der Waals surface area contributed by atoms with Crippen LogP contribution in [-0.2, 0) is 11.9 Å². The Labute approximate surface area is 82.2 Å². The van der Waals surface area contributed by atoms with E-state index in [4.69, 9.17) is 10.6 Å². The van der Waals surface area contributed by atoms with Gasteiger partial charge in [-0.05, 0) is 6.92 Å². The van der Waals surface area contributed by atoms with Crippen LogP contribution >= 0.6 is 0 Å². The summed E-state index contributed by atoms with van der Waals surface area (Å²) in [5.74, 6) is 0.599. The lowest BCUT2D eigenvalue weighted by Crippen LogP contribution is -2.28. The maximum Gasteiger partial charge on any atom is 0.297 e. The summed E-state index contributed by atoms with van der Waals surface area (Å²) in [6.07, 6.45) is 0. The molecular formula is C8H14N4O2. The monoisotopic (exact) mass is 198 g/mol. The van der Waals surface area contributed by atoms with Crippen LogP contribution in [0.4, 0.5) is 5.82 Å². The molecule has 14 heavy (non-hydrogen) atoms. The number of hydrogen-bond donors (Lipinski definition) is 1. The van der Waals surface area contributed by atoms with E-state index in [1.165, 1.54) is 14.2 Å². The zero-order valence-electron chi connectivity index (χ0n) is 8.74. The van der Waals surface area contributed by atoms with Gasteiger partial charge in [0.05, 0.1) is 7.11 Å². The first-order valence-electron chi connectivity index (χ1n) is 4.10. The maximum atomic E-state index is 11.7. The highest BCUT2D eigenvalue weighted by molar-refractivity contribution is 5.96. The number of hydrogen-bond acceptors (Lipinski definition) is 4. The Hall–Kier alpha value is -1.56. The fraction of sp³-hybridized carbons (Fsp3) is 0.500. The van der Waals surface area contributed by atoms with Gasteiger partial charge in [0, 0.05) is 14.1 Å². The zero-order valence-corrected chi connectivity index (χ0v) is 8.74. The highest BCUT2D eigenvalue weighted by atomic mass is 16.7. The van der Waals surface area contributed by atoms with Gasteiger partial charge >= 0.3 is 0 Å². The molecule has 0 saturated carbocycles. The minimum atomic E-state index is -0.312. The fourth-order valence-electron chi connectivity index (χ4n) is 1.12. The molecule has 0 aromatic carbocycles. The molecule has 0 saturated heterocycles. The van der Waals surface area contributed by atoms with Crippen molar-refractivity contribution in [3.63, 3.8) is 0 Å². The third kappa shape index (κ3) is 1.56. The smallest absolute Gasteiger partial charge is 0.297 e. The fourth-order valence-corrected chi connectivity index (χ4v) is 1.12. The summed E-state index contributed by atoms with van der Waals surface area (Å²) < 4.78 is 1.63. The Balaban J connectivity index is 3.12. The highest BCUT2D eigenvalue weighted by Crippen LogP contribution is 2.13. The van der Waals surface area contributed by atoms with Crippen molar-refractivity contribution in [3.8, 4) is 0 Å². The van der Waals surface area contributed by atoms with Gasteiger partial charge in [-0.25, -0.2) is 10.0 Å². The predicted molar refractivity (Wildman–Crippen MR) is 51.5 cm³/mol. The number of imidazole rings is 1. The molecule has 78 valence electrons. The highest BCUT2D eigenvalue weighted by Gasteiger charge is 2.20. The minimum absolute atomic E-state index is 0.221. The molecule has 1 amide bonds. The number of carbonyl (C=O) groups is 1. The van der Waals surface area contributed by atoms with Crippen LogP contribution < -0.4 is 5.73 Å². The molecule has 0 aliphatic heterocycles. The second-order valence-corrected chi connectivity index (χ2v) is 2.94. The second-order valence-electron chi connectivity index (χ2n) is 2.94. The molecule has 1 aromatic rings. The molecule has 2 N–H and O–H groups in total. The third-order valence-corrected chi connectivity index (χ3v) is 2.11. The molecule has 0 fully saturated rings. The van der Waals surface area contributed by atoms with Gasteiger partial charge in [0.15, 0.2) is 11.5 Å². The van der Waals surface area contributed by atoms with Crippen LogP contribution in [0.2, 0.25) is 0 Å². The Morgan fingerprint density at radius 2 is 2.21 bits per heavy atom. The Kier molecular flexibility index (Phi) is 2.76. The van der Waals surface area contributed by atoms with Crippen LogP contribution in [-0.4, -0.2) is 34.7 Å².